The maximum absolute atomic E-state index is 5.64. The van der Waals surface area contributed by atoms with Gasteiger partial charge in [0, 0.05) is 11.6 Å². The molecule has 0 radical (unpaired) electrons. The molecule has 0 amide bonds. The third-order valence-corrected chi connectivity index (χ3v) is 2.27. The highest BCUT2D eigenvalue weighted by Crippen LogP contribution is 2.21. The number of hydrogen-bond donors (Lipinski definition) is 0. The zero-order valence-corrected chi connectivity index (χ0v) is 8.58. The second kappa shape index (κ2) is 3.84. The Kier molecular flexibility index (Phi) is 2.55. The van der Waals surface area contributed by atoms with Crippen LogP contribution in [0.3, 0.4) is 0 Å². The van der Waals surface area contributed by atoms with Crippen LogP contribution in [0, 0.1) is 6.92 Å². The average Bonchev–Trinajstić information content (AvgIpc) is 2.66. The lowest BCUT2D eigenvalue weighted by molar-refractivity contribution is 0.426. The molecular formula is C11H10ClNO. The molecule has 0 saturated heterocycles. The van der Waals surface area contributed by atoms with Crippen LogP contribution in [-0.4, -0.2) is 5.16 Å². The van der Waals surface area contributed by atoms with Gasteiger partial charge in [0.15, 0.2) is 5.76 Å². The Morgan fingerprint density at radius 3 is 2.86 bits per heavy atom. The lowest BCUT2D eigenvalue weighted by atomic mass is 10.1. The van der Waals surface area contributed by atoms with Crippen LogP contribution in [0.2, 0.25) is 0 Å². The van der Waals surface area contributed by atoms with Gasteiger partial charge in [0.05, 0.1) is 11.6 Å². The summed E-state index contributed by atoms with van der Waals surface area (Å²) >= 11 is 5.64. The zero-order valence-electron chi connectivity index (χ0n) is 7.83. The molecule has 0 saturated carbocycles. The first kappa shape index (κ1) is 9.28. The summed E-state index contributed by atoms with van der Waals surface area (Å²) in [5.74, 6) is 1.15. The molecule has 0 unspecified atom stereocenters. The SMILES string of the molecule is Cc1cccc(-c2cc(CCl)no2)c1. The van der Waals surface area contributed by atoms with Crippen molar-refractivity contribution in [3.8, 4) is 11.3 Å². The van der Waals surface area contributed by atoms with E-state index >= 15 is 0 Å². The van der Waals surface area contributed by atoms with Gasteiger partial charge in [0.2, 0.25) is 0 Å². The molecule has 0 aliphatic heterocycles. The number of rotatable bonds is 2. The summed E-state index contributed by atoms with van der Waals surface area (Å²) in [5.41, 5.74) is 3.00. The molecule has 0 atom stereocenters. The van der Waals surface area contributed by atoms with Crippen molar-refractivity contribution in [3.05, 3.63) is 41.6 Å². The van der Waals surface area contributed by atoms with Gasteiger partial charge in [-0.25, -0.2) is 0 Å². The van der Waals surface area contributed by atoms with Gasteiger partial charge in [-0.2, -0.15) is 0 Å². The first-order valence-corrected chi connectivity index (χ1v) is 4.91. The summed E-state index contributed by atoms with van der Waals surface area (Å²) in [6, 6.07) is 9.95. The van der Waals surface area contributed by atoms with E-state index in [1.807, 2.05) is 31.2 Å². The molecule has 72 valence electrons. The van der Waals surface area contributed by atoms with Crippen LogP contribution in [0.5, 0.6) is 0 Å². The molecule has 0 spiro atoms. The first-order chi connectivity index (χ1) is 6.79. The summed E-state index contributed by atoms with van der Waals surface area (Å²) in [6.45, 7) is 2.04. The number of halogens is 1. The highest BCUT2D eigenvalue weighted by atomic mass is 35.5. The maximum Gasteiger partial charge on any atom is 0.167 e. The van der Waals surface area contributed by atoms with Crippen molar-refractivity contribution in [2.24, 2.45) is 0 Å². The van der Waals surface area contributed by atoms with E-state index in [1.54, 1.807) is 0 Å². The van der Waals surface area contributed by atoms with Crippen LogP contribution in [0.25, 0.3) is 11.3 Å². The molecule has 0 fully saturated rings. The lowest BCUT2D eigenvalue weighted by Crippen LogP contribution is -1.75. The van der Waals surface area contributed by atoms with E-state index in [9.17, 15) is 0 Å². The van der Waals surface area contributed by atoms with E-state index in [0.717, 1.165) is 17.0 Å². The molecule has 0 bridgehead atoms. The second-order valence-electron chi connectivity index (χ2n) is 3.19. The number of aromatic nitrogens is 1. The molecule has 0 N–H and O–H groups in total. The first-order valence-electron chi connectivity index (χ1n) is 4.38. The summed E-state index contributed by atoms with van der Waals surface area (Å²) in [5, 5.41) is 3.83. The van der Waals surface area contributed by atoms with Gasteiger partial charge in [0.25, 0.3) is 0 Å². The molecule has 1 aromatic heterocycles. The van der Waals surface area contributed by atoms with Crippen LogP contribution in [0.4, 0.5) is 0 Å². The number of nitrogens with zero attached hydrogens (tertiary/aromatic N) is 1. The minimum Gasteiger partial charge on any atom is -0.356 e. The predicted molar refractivity (Wildman–Crippen MR) is 56.2 cm³/mol. The highest BCUT2D eigenvalue weighted by molar-refractivity contribution is 6.16. The normalized spacial score (nSPS) is 10.4. The van der Waals surface area contributed by atoms with Crippen molar-refractivity contribution in [3.63, 3.8) is 0 Å². The second-order valence-corrected chi connectivity index (χ2v) is 3.45. The van der Waals surface area contributed by atoms with Gasteiger partial charge in [-0.05, 0) is 13.0 Å². The van der Waals surface area contributed by atoms with Gasteiger partial charge in [-0.1, -0.05) is 28.9 Å². The minimum absolute atomic E-state index is 0.384. The number of benzene rings is 1. The predicted octanol–water partition coefficient (Wildman–Crippen LogP) is 3.39. The van der Waals surface area contributed by atoms with Crippen LogP contribution in [0.15, 0.2) is 34.9 Å². The fraction of sp³-hybridized carbons (Fsp3) is 0.182. The Balaban J connectivity index is 2.39. The molecule has 0 aliphatic rings. The zero-order chi connectivity index (χ0) is 9.97. The third kappa shape index (κ3) is 1.80. The van der Waals surface area contributed by atoms with Gasteiger partial charge < -0.3 is 4.52 Å². The van der Waals surface area contributed by atoms with Crippen LogP contribution >= 0.6 is 11.6 Å². The summed E-state index contributed by atoms with van der Waals surface area (Å²) in [6.07, 6.45) is 0. The number of hydrogen-bond acceptors (Lipinski definition) is 2. The van der Waals surface area contributed by atoms with Crippen LogP contribution < -0.4 is 0 Å². The smallest absolute Gasteiger partial charge is 0.167 e. The van der Waals surface area contributed by atoms with Gasteiger partial charge >= 0.3 is 0 Å². The van der Waals surface area contributed by atoms with Gasteiger partial charge in [-0.3, -0.25) is 0 Å². The van der Waals surface area contributed by atoms with Crippen molar-refractivity contribution in [1.82, 2.24) is 5.16 Å². The summed E-state index contributed by atoms with van der Waals surface area (Å²) in [7, 11) is 0. The van der Waals surface area contributed by atoms with Crippen molar-refractivity contribution in [2.45, 2.75) is 12.8 Å². The van der Waals surface area contributed by atoms with E-state index in [1.165, 1.54) is 5.56 Å². The van der Waals surface area contributed by atoms with E-state index in [2.05, 4.69) is 11.2 Å². The van der Waals surface area contributed by atoms with Crippen LogP contribution in [0.1, 0.15) is 11.3 Å². The van der Waals surface area contributed by atoms with Crippen molar-refractivity contribution in [1.29, 1.82) is 0 Å². The molecule has 1 heterocycles. The minimum atomic E-state index is 0.384. The summed E-state index contributed by atoms with van der Waals surface area (Å²) < 4.78 is 5.16. The molecule has 1 aromatic carbocycles. The Bertz CT molecular complexity index is 436. The molecule has 2 rings (SSSR count). The molecule has 0 aliphatic carbocycles. The fourth-order valence-electron chi connectivity index (χ4n) is 1.31. The topological polar surface area (TPSA) is 26.0 Å². The molecule has 2 nitrogen and oxygen atoms in total. The number of aryl methyl sites for hydroxylation is 1. The van der Waals surface area contributed by atoms with E-state index < -0.39 is 0 Å². The van der Waals surface area contributed by atoms with Crippen molar-refractivity contribution < 1.29 is 4.52 Å². The molecule has 3 heteroatoms. The van der Waals surface area contributed by atoms with E-state index in [0.29, 0.717) is 5.88 Å². The Labute approximate surface area is 87.5 Å². The van der Waals surface area contributed by atoms with Crippen molar-refractivity contribution in [2.75, 3.05) is 0 Å². The largest absolute Gasteiger partial charge is 0.356 e. The number of alkyl halides is 1. The molecule has 14 heavy (non-hydrogen) atoms. The lowest BCUT2D eigenvalue weighted by Gasteiger charge is -1.95. The summed E-state index contributed by atoms with van der Waals surface area (Å²) in [4.78, 5) is 0. The third-order valence-electron chi connectivity index (χ3n) is 2.00. The molecule has 2 aromatic rings. The average molecular weight is 208 g/mol. The standard InChI is InChI=1S/C11H10ClNO/c1-8-3-2-4-9(5-8)11-6-10(7-12)13-14-11/h2-6H,7H2,1H3. The van der Waals surface area contributed by atoms with E-state index in [-0.39, 0.29) is 0 Å². The highest BCUT2D eigenvalue weighted by Gasteiger charge is 2.05. The van der Waals surface area contributed by atoms with Gasteiger partial charge in [-0.15, -0.1) is 11.6 Å². The van der Waals surface area contributed by atoms with Crippen LogP contribution in [-0.2, 0) is 5.88 Å². The van der Waals surface area contributed by atoms with E-state index in [4.69, 9.17) is 16.1 Å². The Hall–Kier alpha value is -1.28. The van der Waals surface area contributed by atoms with Gasteiger partial charge in [0.1, 0.15) is 0 Å². The monoisotopic (exact) mass is 207 g/mol. The Morgan fingerprint density at radius 1 is 1.36 bits per heavy atom. The molecular weight excluding hydrogens is 198 g/mol. The Morgan fingerprint density at radius 2 is 2.21 bits per heavy atom. The van der Waals surface area contributed by atoms with Crippen molar-refractivity contribution >= 4 is 11.6 Å². The quantitative estimate of drug-likeness (QED) is 0.706. The maximum atomic E-state index is 5.64. The fourth-order valence-corrected chi connectivity index (χ4v) is 1.44.